The molecule has 0 amide bonds. The van der Waals surface area contributed by atoms with Crippen molar-refractivity contribution in [3.8, 4) is 0 Å². The third kappa shape index (κ3) is 2.59. The Morgan fingerprint density at radius 1 is 1.30 bits per heavy atom. The van der Waals surface area contributed by atoms with Crippen LogP contribution in [0.3, 0.4) is 0 Å². The van der Waals surface area contributed by atoms with Gasteiger partial charge in [0.2, 0.25) is 0 Å². The average Bonchev–Trinajstić information content (AvgIpc) is 2.86. The van der Waals surface area contributed by atoms with Gasteiger partial charge < -0.3 is 11.1 Å². The van der Waals surface area contributed by atoms with E-state index in [2.05, 4.69) is 27.1 Å². The molecule has 2 aliphatic rings. The van der Waals surface area contributed by atoms with E-state index in [4.69, 9.17) is 5.73 Å². The molecule has 2 aliphatic heterocycles. The summed E-state index contributed by atoms with van der Waals surface area (Å²) in [7, 11) is 0. The van der Waals surface area contributed by atoms with E-state index in [0.717, 1.165) is 24.2 Å². The van der Waals surface area contributed by atoms with E-state index in [-0.39, 0.29) is 0 Å². The van der Waals surface area contributed by atoms with Gasteiger partial charge in [0.1, 0.15) is 18.0 Å². The van der Waals surface area contributed by atoms with Gasteiger partial charge in [0.15, 0.2) is 0 Å². The van der Waals surface area contributed by atoms with Gasteiger partial charge in [-0.3, -0.25) is 4.90 Å². The maximum Gasteiger partial charge on any atom is 0.134 e. The molecule has 0 aliphatic carbocycles. The van der Waals surface area contributed by atoms with Crippen molar-refractivity contribution in [2.45, 2.75) is 57.5 Å². The maximum absolute atomic E-state index is 6.01. The van der Waals surface area contributed by atoms with Crippen molar-refractivity contribution in [1.29, 1.82) is 0 Å². The highest BCUT2D eigenvalue weighted by Gasteiger charge is 2.35. The number of hydrogen-bond acceptors (Lipinski definition) is 5. The van der Waals surface area contributed by atoms with Crippen LogP contribution < -0.4 is 11.1 Å². The Morgan fingerprint density at radius 3 is 3.05 bits per heavy atom. The van der Waals surface area contributed by atoms with E-state index in [9.17, 15) is 0 Å². The van der Waals surface area contributed by atoms with E-state index in [1.807, 2.05) is 0 Å². The van der Waals surface area contributed by atoms with Gasteiger partial charge in [-0.15, -0.1) is 0 Å². The van der Waals surface area contributed by atoms with Crippen LogP contribution in [-0.4, -0.2) is 40.0 Å². The molecule has 5 nitrogen and oxygen atoms in total. The quantitative estimate of drug-likeness (QED) is 0.880. The summed E-state index contributed by atoms with van der Waals surface area (Å²) in [4.78, 5) is 11.2. The average molecular weight is 275 g/mol. The number of fused-ring (bicyclic) bond motifs is 1. The Balaban J connectivity index is 1.76. The van der Waals surface area contributed by atoms with Crippen LogP contribution in [0, 0.1) is 0 Å². The van der Waals surface area contributed by atoms with Crippen molar-refractivity contribution in [3.05, 3.63) is 11.9 Å². The molecule has 0 saturated carbocycles. The minimum absolute atomic E-state index is 0.514. The molecular formula is C15H25N5. The molecule has 3 heterocycles. The van der Waals surface area contributed by atoms with Gasteiger partial charge in [0.25, 0.3) is 0 Å². The summed E-state index contributed by atoms with van der Waals surface area (Å²) < 4.78 is 0. The van der Waals surface area contributed by atoms with E-state index in [0.29, 0.717) is 17.9 Å². The molecule has 0 radical (unpaired) electrons. The smallest absolute Gasteiger partial charge is 0.134 e. The van der Waals surface area contributed by atoms with Crippen LogP contribution in [0.2, 0.25) is 0 Å². The fourth-order valence-electron chi connectivity index (χ4n) is 3.64. The first-order valence-corrected chi connectivity index (χ1v) is 7.89. The van der Waals surface area contributed by atoms with Crippen molar-refractivity contribution >= 4 is 11.6 Å². The van der Waals surface area contributed by atoms with Crippen LogP contribution in [0.15, 0.2) is 6.33 Å². The van der Waals surface area contributed by atoms with Gasteiger partial charge >= 0.3 is 0 Å². The number of rotatable bonds is 4. The largest absolute Gasteiger partial charge is 0.383 e. The topological polar surface area (TPSA) is 67.1 Å². The zero-order valence-electron chi connectivity index (χ0n) is 12.3. The highest BCUT2D eigenvalue weighted by Crippen LogP contribution is 2.30. The molecule has 110 valence electrons. The van der Waals surface area contributed by atoms with Gasteiger partial charge in [0, 0.05) is 24.2 Å². The molecule has 2 saturated heterocycles. The lowest BCUT2D eigenvalue weighted by Crippen LogP contribution is -2.42. The molecule has 0 aromatic carbocycles. The van der Waals surface area contributed by atoms with Gasteiger partial charge in [-0.1, -0.05) is 19.8 Å². The van der Waals surface area contributed by atoms with Gasteiger partial charge in [-0.2, -0.15) is 0 Å². The fourth-order valence-corrected chi connectivity index (χ4v) is 3.64. The van der Waals surface area contributed by atoms with Crippen molar-refractivity contribution in [1.82, 2.24) is 14.9 Å². The third-order valence-electron chi connectivity index (χ3n) is 4.66. The highest BCUT2D eigenvalue weighted by atomic mass is 15.2. The predicted molar refractivity (Wildman–Crippen MR) is 81.7 cm³/mol. The molecular weight excluding hydrogens is 250 g/mol. The van der Waals surface area contributed by atoms with E-state index in [1.165, 1.54) is 38.8 Å². The molecule has 1 aromatic rings. The Hall–Kier alpha value is -1.36. The van der Waals surface area contributed by atoms with Crippen molar-refractivity contribution in [2.24, 2.45) is 0 Å². The second kappa shape index (κ2) is 5.95. The SMILES string of the molecule is CCCc1c(N)ncnc1NC1CCN2CCCCC12. The molecule has 2 fully saturated rings. The Morgan fingerprint density at radius 2 is 2.20 bits per heavy atom. The third-order valence-corrected chi connectivity index (χ3v) is 4.66. The first kappa shape index (κ1) is 13.6. The molecule has 2 atom stereocenters. The summed E-state index contributed by atoms with van der Waals surface area (Å²) in [5.74, 6) is 1.58. The summed E-state index contributed by atoms with van der Waals surface area (Å²) in [6, 6.07) is 1.19. The standard InChI is InChI=1S/C15H25N5/c1-2-5-11-14(16)17-10-18-15(11)19-12-7-9-20-8-4-3-6-13(12)20/h10,12-13H,2-9H2,1H3,(H3,16,17,18,19). The molecule has 20 heavy (non-hydrogen) atoms. The minimum Gasteiger partial charge on any atom is -0.383 e. The number of nitrogens with one attached hydrogen (secondary N) is 1. The normalized spacial score (nSPS) is 26.4. The second-order valence-electron chi connectivity index (χ2n) is 5.97. The lowest BCUT2D eigenvalue weighted by Gasteiger charge is -2.33. The van der Waals surface area contributed by atoms with Crippen LogP contribution in [-0.2, 0) is 6.42 Å². The van der Waals surface area contributed by atoms with Crippen LogP contribution in [0.1, 0.15) is 44.6 Å². The van der Waals surface area contributed by atoms with Crippen molar-refractivity contribution in [2.75, 3.05) is 24.1 Å². The molecule has 5 heteroatoms. The molecule has 0 spiro atoms. The van der Waals surface area contributed by atoms with Gasteiger partial charge in [0.05, 0.1) is 0 Å². The van der Waals surface area contributed by atoms with Crippen LogP contribution in [0.25, 0.3) is 0 Å². The number of nitrogen functional groups attached to an aromatic ring is 1. The lowest BCUT2D eigenvalue weighted by atomic mass is 9.99. The Bertz CT molecular complexity index is 462. The number of anilines is 2. The first-order valence-electron chi connectivity index (χ1n) is 7.89. The summed E-state index contributed by atoms with van der Waals surface area (Å²) in [5.41, 5.74) is 7.10. The molecule has 0 bridgehead atoms. The van der Waals surface area contributed by atoms with E-state index < -0.39 is 0 Å². The van der Waals surface area contributed by atoms with E-state index >= 15 is 0 Å². The molecule has 1 aromatic heterocycles. The van der Waals surface area contributed by atoms with E-state index in [1.54, 1.807) is 6.33 Å². The monoisotopic (exact) mass is 275 g/mol. The zero-order valence-corrected chi connectivity index (χ0v) is 12.3. The second-order valence-corrected chi connectivity index (χ2v) is 5.97. The van der Waals surface area contributed by atoms with Crippen LogP contribution in [0.5, 0.6) is 0 Å². The Labute approximate surface area is 121 Å². The number of piperidine rings is 1. The number of aromatic nitrogens is 2. The Kier molecular flexibility index (Phi) is 4.05. The number of nitrogens with zero attached hydrogens (tertiary/aromatic N) is 3. The molecule has 3 rings (SSSR count). The van der Waals surface area contributed by atoms with Crippen LogP contribution in [0.4, 0.5) is 11.6 Å². The number of hydrogen-bond donors (Lipinski definition) is 2. The highest BCUT2D eigenvalue weighted by molar-refractivity contribution is 5.55. The molecule has 3 N–H and O–H groups in total. The minimum atomic E-state index is 0.514. The lowest BCUT2D eigenvalue weighted by molar-refractivity contribution is 0.192. The summed E-state index contributed by atoms with van der Waals surface area (Å²) in [5, 5.41) is 3.66. The first-order chi connectivity index (χ1) is 9.79. The number of nitrogens with two attached hydrogens (primary N) is 1. The zero-order chi connectivity index (χ0) is 13.9. The van der Waals surface area contributed by atoms with Crippen LogP contribution >= 0.6 is 0 Å². The van der Waals surface area contributed by atoms with Gasteiger partial charge in [-0.05, 0) is 32.2 Å². The fraction of sp³-hybridized carbons (Fsp3) is 0.733. The summed E-state index contributed by atoms with van der Waals surface area (Å²) >= 11 is 0. The maximum atomic E-state index is 6.01. The van der Waals surface area contributed by atoms with Crippen molar-refractivity contribution in [3.63, 3.8) is 0 Å². The summed E-state index contributed by atoms with van der Waals surface area (Å²) in [6.07, 6.45) is 8.80. The molecule has 2 unspecified atom stereocenters. The summed E-state index contributed by atoms with van der Waals surface area (Å²) in [6.45, 7) is 4.64. The van der Waals surface area contributed by atoms with Gasteiger partial charge in [-0.25, -0.2) is 9.97 Å². The van der Waals surface area contributed by atoms with Crippen molar-refractivity contribution < 1.29 is 0 Å². The predicted octanol–water partition coefficient (Wildman–Crippen LogP) is 2.05.